The zero-order valence-corrected chi connectivity index (χ0v) is 8.27. The minimum absolute atomic E-state index is 0.118. The zero-order chi connectivity index (χ0) is 9.14. The number of hydrogen-bond donors (Lipinski definition) is 2. The molecule has 0 aromatic rings. The molecule has 0 unspecified atom stereocenters. The van der Waals surface area contributed by atoms with Gasteiger partial charge in [0.25, 0.3) is 0 Å². The number of nitrogens with one attached hydrogen (secondary N) is 1. The van der Waals surface area contributed by atoms with Crippen LogP contribution in [-0.2, 0) is 9.47 Å². The Labute approximate surface area is 76.5 Å². The summed E-state index contributed by atoms with van der Waals surface area (Å²) in [6.45, 7) is 1.85. The highest BCUT2D eigenvalue weighted by molar-refractivity contribution is 8.02. The first kappa shape index (κ1) is 9.70. The van der Waals surface area contributed by atoms with E-state index in [2.05, 4.69) is 5.32 Å². The van der Waals surface area contributed by atoms with Crippen LogP contribution in [-0.4, -0.2) is 25.9 Å². The van der Waals surface area contributed by atoms with Gasteiger partial charge in [0.1, 0.15) is 0 Å². The Balaban J connectivity index is 2.57. The van der Waals surface area contributed by atoms with Gasteiger partial charge in [0.05, 0.1) is 10.7 Å². The van der Waals surface area contributed by atoms with Gasteiger partial charge in [-0.25, -0.2) is 0 Å². The Morgan fingerprint density at radius 2 is 2.08 bits per heavy atom. The lowest BCUT2D eigenvalue weighted by atomic mass is 10.4. The second-order valence-electron chi connectivity index (χ2n) is 2.40. The van der Waals surface area contributed by atoms with Crippen molar-refractivity contribution in [3.8, 4) is 0 Å². The highest BCUT2D eigenvalue weighted by Crippen LogP contribution is 2.24. The average Bonchev–Trinajstić information content (AvgIpc) is 2.02. The fraction of sp³-hybridized carbons (Fsp3) is 0.714. The van der Waals surface area contributed by atoms with Gasteiger partial charge in [0, 0.05) is 7.05 Å². The van der Waals surface area contributed by atoms with E-state index in [1.54, 1.807) is 7.05 Å². The van der Waals surface area contributed by atoms with Crippen LogP contribution in [0.4, 0.5) is 0 Å². The SMILES string of the molecule is CN/C(=C(/N)SC)C1OC(C)O1. The minimum atomic E-state index is -0.308. The van der Waals surface area contributed by atoms with Gasteiger partial charge in [-0.3, -0.25) is 0 Å². The molecule has 1 saturated heterocycles. The largest absolute Gasteiger partial charge is 0.392 e. The number of ether oxygens (including phenoxy) is 2. The summed E-state index contributed by atoms with van der Waals surface area (Å²) in [5, 5.41) is 3.66. The smallest absolute Gasteiger partial charge is 0.206 e. The third kappa shape index (κ3) is 1.85. The van der Waals surface area contributed by atoms with E-state index < -0.39 is 0 Å². The van der Waals surface area contributed by atoms with Crippen LogP contribution in [0.15, 0.2) is 10.7 Å². The Morgan fingerprint density at radius 1 is 1.50 bits per heavy atom. The van der Waals surface area contributed by atoms with Crippen LogP contribution >= 0.6 is 11.8 Å². The summed E-state index contributed by atoms with van der Waals surface area (Å²) in [6, 6.07) is 0. The maximum atomic E-state index is 5.70. The van der Waals surface area contributed by atoms with Crippen LogP contribution in [0.1, 0.15) is 6.92 Å². The molecule has 0 bridgehead atoms. The van der Waals surface area contributed by atoms with E-state index in [9.17, 15) is 0 Å². The summed E-state index contributed by atoms with van der Waals surface area (Å²) >= 11 is 1.47. The number of rotatable bonds is 3. The molecular formula is C7H14N2O2S. The molecule has 70 valence electrons. The molecule has 1 aliphatic heterocycles. The van der Waals surface area contributed by atoms with Crippen LogP contribution in [0.5, 0.6) is 0 Å². The fourth-order valence-electron chi connectivity index (χ4n) is 0.962. The molecule has 12 heavy (non-hydrogen) atoms. The first-order chi connectivity index (χ1) is 5.69. The van der Waals surface area contributed by atoms with E-state index in [1.165, 1.54) is 11.8 Å². The van der Waals surface area contributed by atoms with Crippen molar-refractivity contribution < 1.29 is 9.47 Å². The summed E-state index contributed by atoms with van der Waals surface area (Å²) in [4.78, 5) is 0. The highest BCUT2D eigenvalue weighted by atomic mass is 32.2. The highest BCUT2D eigenvalue weighted by Gasteiger charge is 2.31. The fourth-order valence-corrected chi connectivity index (χ4v) is 1.38. The lowest BCUT2D eigenvalue weighted by Crippen LogP contribution is -2.44. The molecule has 0 radical (unpaired) electrons. The van der Waals surface area contributed by atoms with Crippen molar-refractivity contribution in [3.63, 3.8) is 0 Å². The van der Waals surface area contributed by atoms with E-state index in [-0.39, 0.29) is 12.6 Å². The predicted octanol–water partition coefficient (Wildman–Crippen LogP) is 0.415. The molecule has 1 rings (SSSR count). The molecule has 0 atom stereocenters. The van der Waals surface area contributed by atoms with E-state index in [4.69, 9.17) is 15.2 Å². The summed E-state index contributed by atoms with van der Waals surface area (Å²) in [6.07, 6.45) is 1.49. The first-order valence-corrected chi connectivity index (χ1v) is 4.93. The molecule has 1 heterocycles. The molecule has 5 heteroatoms. The maximum Gasteiger partial charge on any atom is 0.206 e. The van der Waals surface area contributed by atoms with Crippen molar-refractivity contribution in [2.24, 2.45) is 5.73 Å². The van der Waals surface area contributed by atoms with Crippen LogP contribution in [0.25, 0.3) is 0 Å². The van der Waals surface area contributed by atoms with Crippen LogP contribution in [0.2, 0.25) is 0 Å². The molecule has 0 saturated carbocycles. The topological polar surface area (TPSA) is 56.5 Å². The predicted molar refractivity (Wildman–Crippen MR) is 49.2 cm³/mol. The van der Waals surface area contributed by atoms with Crippen molar-refractivity contribution in [1.29, 1.82) is 0 Å². The van der Waals surface area contributed by atoms with E-state index in [0.717, 1.165) is 5.70 Å². The van der Waals surface area contributed by atoms with Gasteiger partial charge in [-0.15, -0.1) is 11.8 Å². The summed E-state index contributed by atoms with van der Waals surface area (Å²) in [5.41, 5.74) is 6.51. The van der Waals surface area contributed by atoms with Crippen molar-refractivity contribution in [3.05, 3.63) is 10.7 Å². The molecule has 0 spiro atoms. The molecular weight excluding hydrogens is 176 g/mol. The lowest BCUT2D eigenvalue weighted by molar-refractivity contribution is -0.360. The van der Waals surface area contributed by atoms with E-state index in [1.807, 2.05) is 13.2 Å². The number of thioether (sulfide) groups is 1. The summed E-state index contributed by atoms with van der Waals surface area (Å²) in [5.74, 6) is 0. The normalized spacial score (nSPS) is 30.6. The number of likely N-dealkylation sites (N-methyl/N-ethyl adjacent to an activating group) is 1. The van der Waals surface area contributed by atoms with Gasteiger partial charge in [-0.2, -0.15) is 0 Å². The molecule has 4 nitrogen and oxygen atoms in total. The van der Waals surface area contributed by atoms with Crippen molar-refractivity contribution >= 4 is 11.8 Å². The zero-order valence-electron chi connectivity index (χ0n) is 7.46. The van der Waals surface area contributed by atoms with Gasteiger partial charge in [-0.05, 0) is 13.2 Å². The van der Waals surface area contributed by atoms with Crippen LogP contribution in [0.3, 0.4) is 0 Å². The van der Waals surface area contributed by atoms with Gasteiger partial charge in [0.2, 0.25) is 6.29 Å². The monoisotopic (exact) mass is 190 g/mol. The molecule has 0 aromatic carbocycles. The van der Waals surface area contributed by atoms with Crippen molar-refractivity contribution in [2.45, 2.75) is 19.5 Å². The third-order valence-electron chi connectivity index (χ3n) is 1.62. The van der Waals surface area contributed by atoms with E-state index in [0.29, 0.717) is 5.03 Å². The van der Waals surface area contributed by atoms with E-state index >= 15 is 0 Å². The second kappa shape index (κ2) is 4.02. The first-order valence-electron chi connectivity index (χ1n) is 3.71. The Kier molecular flexibility index (Phi) is 3.25. The quantitative estimate of drug-likeness (QED) is 0.675. The van der Waals surface area contributed by atoms with Crippen molar-refractivity contribution in [2.75, 3.05) is 13.3 Å². The minimum Gasteiger partial charge on any atom is -0.392 e. The molecule has 0 amide bonds. The second-order valence-corrected chi connectivity index (χ2v) is 3.25. The Hall–Kier alpha value is -0.390. The molecule has 0 aliphatic carbocycles. The van der Waals surface area contributed by atoms with Gasteiger partial charge in [0.15, 0.2) is 6.29 Å². The Morgan fingerprint density at radius 3 is 2.42 bits per heavy atom. The average molecular weight is 190 g/mol. The summed E-state index contributed by atoms with van der Waals surface area (Å²) < 4.78 is 10.6. The Bertz CT molecular complexity index is 190. The van der Waals surface area contributed by atoms with Crippen LogP contribution < -0.4 is 11.1 Å². The van der Waals surface area contributed by atoms with Gasteiger partial charge >= 0.3 is 0 Å². The number of hydrogen-bond acceptors (Lipinski definition) is 5. The van der Waals surface area contributed by atoms with Gasteiger partial charge < -0.3 is 20.5 Å². The van der Waals surface area contributed by atoms with Gasteiger partial charge in [-0.1, -0.05) is 0 Å². The standard InChI is InChI=1S/C7H14N2O2S/c1-4-10-7(11-4)5(9-2)6(8)12-3/h4,7,9H,8H2,1-3H3/b6-5-. The third-order valence-corrected chi connectivity index (χ3v) is 2.28. The molecule has 3 N–H and O–H groups in total. The summed E-state index contributed by atoms with van der Waals surface area (Å²) in [7, 11) is 1.80. The molecule has 0 aromatic heterocycles. The lowest BCUT2D eigenvalue weighted by Gasteiger charge is -2.35. The number of nitrogens with two attached hydrogens (primary N) is 1. The van der Waals surface area contributed by atoms with Crippen molar-refractivity contribution in [1.82, 2.24) is 5.32 Å². The molecule has 1 aliphatic rings. The van der Waals surface area contributed by atoms with Crippen LogP contribution in [0, 0.1) is 0 Å². The molecule has 1 fully saturated rings. The maximum absolute atomic E-state index is 5.70.